The van der Waals surface area contributed by atoms with E-state index >= 15 is 0 Å². The summed E-state index contributed by atoms with van der Waals surface area (Å²) in [5.74, 6) is 0.559. The molecule has 2 aromatic rings. The van der Waals surface area contributed by atoms with Crippen molar-refractivity contribution >= 4 is 27.7 Å². The van der Waals surface area contributed by atoms with Crippen LogP contribution in [0.1, 0.15) is 31.9 Å². The molecule has 2 aromatic carbocycles. The molecule has 0 fully saturated rings. The highest BCUT2D eigenvalue weighted by molar-refractivity contribution is 9.10. The molecule has 0 aliphatic heterocycles. The maximum absolute atomic E-state index is 13.0. The molecule has 0 aromatic heterocycles. The van der Waals surface area contributed by atoms with Crippen molar-refractivity contribution < 1.29 is 14.3 Å². The normalized spacial score (nSPS) is 11.8. The van der Waals surface area contributed by atoms with E-state index in [1.807, 2.05) is 69.3 Å². The van der Waals surface area contributed by atoms with E-state index < -0.39 is 6.04 Å². The van der Waals surface area contributed by atoms with Crippen LogP contribution in [0.4, 0.5) is 0 Å². The zero-order valence-electron chi connectivity index (χ0n) is 17.4. The van der Waals surface area contributed by atoms with Crippen LogP contribution in [-0.4, -0.2) is 35.9 Å². The molecule has 0 saturated carbocycles. The number of ether oxygens (including phenoxy) is 1. The molecule has 0 bridgehead atoms. The summed E-state index contributed by atoms with van der Waals surface area (Å²) in [6.07, 6.45) is 0. The Balaban J connectivity index is 2.12. The molecule has 5 nitrogen and oxygen atoms in total. The number of rotatable bonds is 9. The molecule has 29 heavy (non-hydrogen) atoms. The van der Waals surface area contributed by atoms with Gasteiger partial charge in [-0.1, -0.05) is 59.6 Å². The van der Waals surface area contributed by atoms with Gasteiger partial charge in [-0.05, 0) is 49.6 Å². The van der Waals surface area contributed by atoms with Crippen LogP contribution in [0.5, 0.6) is 5.75 Å². The van der Waals surface area contributed by atoms with Crippen LogP contribution < -0.4 is 10.1 Å². The van der Waals surface area contributed by atoms with Crippen LogP contribution in [0.3, 0.4) is 0 Å². The number of nitrogens with one attached hydrogen (secondary N) is 1. The van der Waals surface area contributed by atoms with Gasteiger partial charge in [0.05, 0.1) is 0 Å². The Morgan fingerprint density at radius 2 is 1.79 bits per heavy atom. The van der Waals surface area contributed by atoms with Crippen LogP contribution in [0.2, 0.25) is 0 Å². The molecule has 0 spiro atoms. The fraction of sp³-hybridized carbons (Fsp3) is 0.391. The van der Waals surface area contributed by atoms with E-state index in [-0.39, 0.29) is 18.4 Å². The first kappa shape index (κ1) is 22.9. The number of carbonyl (C=O) groups is 2. The second kappa shape index (κ2) is 11.0. The topological polar surface area (TPSA) is 58.6 Å². The van der Waals surface area contributed by atoms with Gasteiger partial charge >= 0.3 is 0 Å². The molecule has 2 rings (SSSR count). The van der Waals surface area contributed by atoms with E-state index in [2.05, 4.69) is 21.2 Å². The van der Waals surface area contributed by atoms with E-state index in [9.17, 15) is 9.59 Å². The van der Waals surface area contributed by atoms with Crippen LogP contribution in [-0.2, 0) is 16.1 Å². The maximum atomic E-state index is 13.0. The van der Waals surface area contributed by atoms with Gasteiger partial charge in [0.2, 0.25) is 5.91 Å². The van der Waals surface area contributed by atoms with E-state index in [0.29, 0.717) is 24.8 Å². The number of hydrogen-bond donors (Lipinski definition) is 1. The number of hydrogen-bond acceptors (Lipinski definition) is 3. The van der Waals surface area contributed by atoms with Crippen molar-refractivity contribution in [3.63, 3.8) is 0 Å². The second-order valence-corrected chi connectivity index (χ2v) is 8.48. The Hall–Kier alpha value is -2.34. The largest absolute Gasteiger partial charge is 0.484 e. The molecular weight excluding hydrogens is 432 g/mol. The summed E-state index contributed by atoms with van der Waals surface area (Å²) in [4.78, 5) is 27.1. The monoisotopic (exact) mass is 460 g/mol. The predicted octanol–water partition coefficient (Wildman–Crippen LogP) is 4.33. The van der Waals surface area contributed by atoms with Crippen molar-refractivity contribution in [1.29, 1.82) is 0 Å². The summed E-state index contributed by atoms with van der Waals surface area (Å²) >= 11 is 3.46. The summed E-state index contributed by atoms with van der Waals surface area (Å²) in [6.45, 7) is 8.58. The number of amides is 2. The quantitative estimate of drug-likeness (QED) is 0.605. The number of nitrogens with zero attached hydrogens (tertiary/aromatic N) is 1. The van der Waals surface area contributed by atoms with Crippen LogP contribution in [0, 0.1) is 12.8 Å². The van der Waals surface area contributed by atoms with Crippen molar-refractivity contribution in [2.75, 3.05) is 13.2 Å². The number of benzene rings is 2. The van der Waals surface area contributed by atoms with Gasteiger partial charge in [-0.15, -0.1) is 0 Å². The molecule has 6 heteroatoms. The highest BCUT2D eigenvalue weighted by Gasteiger charge is 2.26. The first-order valence-corrected chi connectivity index (χ1v) is 10.6. The van der Waals surface area contributed by atoms with Crippen molar-refractivity contribution in [3.8, 4) is 5.75 Å². The minimum Gasteiger partial charge on any atom is -0.484 e. The van der Waals surface area contributed by atoms with Gasteiger partial charge in [0.25, 0.3) is 5.91 Å². The summed E-state index contributed by atoms with van der Waals surface area (Å²) < 4.78 is 6.59. The molecule has 1 atom stereocenters. The van der Waals surface area contributed by atoms with E-state index in [1.165, 1.54) is 0 Å². The first-order chi connectivity index (χ1) is 13.8. The molecule has 0 aliphatic rings. The highest BCUT2D eigenvalue weighted by atomic mass is 79.9. The zero-order valence-corrected chi connectivity index (χ0v) is 19.0. The molecule has 2 amide bonds. The third-order valence-electron chi connectivity index (χ3n) is 4.48. The number of aryl methyl sites for hydroxylation is 1. The zero-order chi connectivity index (χ0) is 21.4. The molecule has 0 radical (unpaired) electrons. The smallest absolute Gasteiger partial charge is 0.261 e. The Bertz CT molecular complexity index is 821. The predicted molar refractivity (Wildman–Crippen MR) is 119 cm³/mol. The SMILES string of the molecule is Cc1ccc(OCC(=O)N(Cc2cccc(Br)c2)[C@H](C)C(=O)NCC(C)C)cc1. The van der Waals surface area contributed by atoms with Crippen LogP contribution in [0.25, 0.3) is 0 Å². The third kappa shape index (κ3) is 7.54. The lowest BCUT2D eigenvalue weighted by Crippen LogP contribution is -2.49. The van der Waals surface area contributed by atoms with Crippen molar-refractivity contribution in [2.24, 2.45) is 5.92 Å². The van der Waals surface area contributed by atoms with E-state index in [4.69, 9.17) is 4.74 Å². The van der Waals surface area contributed by atoms with Crippen LogP contribution >= 0.6 is 15.9 Å². The molecule has 0 aliphatic carbocycles. The van der Waals surface area contributed by atoms with Crippen molar-refractivity contribution in [1.82, 2.24) is 10.2 Å². The second-order valence-electron chi connectivity index (χ2n) is 7.57. The summed E-state index contributed by atoms with van der Waals surface area (Å²) in [7, 11) is 0. The maximum Gasteiger partial charge on any atom is 0.261 e. The molecule has 156 valence electrons. The van der Waals surface area contributed by atoms with Gasteiger partial charge in [-0.25, -0.2) is 0 Å². The third-order valence-corrected chi connectivity index (χ3v) is 4.97. The minimum atomic E-state index is -0.609. The summed E-state index contributed by atoms with van der Waals surface area (Å²) in [5, 5.41) is 2.91. The lowest BCUT2D eigenvalue weighted by atomic mass is 10.1. The number of carbonyl (C=O) groups excluding carboxylic acids is 2. The van der Waals surface area contributed by atoms with Gasteiger partial charge in [0.15, 0.2) is 6.61 Å². The molecule has 0 heterocycles. The fourth-order valence-electron chi connectivity index (χ4n) is 2.73. The van der Waals surface area contributed by atoms with Gasteiger partial charge in [-0.2, -0.15) is 0 Å². The molecule has 0 unspecified atom stereocenters. The fourth-order valence-corrected chi connectivity index (χ4v) is 3.18. The Morgan fingerprint density at radius 3 is 2.41 bits per heavy atom. The van der Waals surface area contributed by atoms with Crippen molar-refractivity contribution in [2.45, 2.75) is 40.3 Å². The van der Waals surface area contributed by atoms with E-state index in [0.717, 1.165) is 15.6 Å². The van der Waals surface area contributed by atoms with Crippen molar-refractivity contribution in [3.05, 3.63) is 64.1 Å². The van der Waals surface area contributed by atoms with Gasteiger partial charge in [-0.3, -0.25) is 9.59 Å². The molecule has 0 saturated heterocycles. The van der Waals surface area contributed by atoms with Gasteiger partial charge in [0.1, 0.15) is 11.8 Å². The van der Waals surface area contributed by atoms with Crippen LogP contribution in [0.15, 0.2) is 53.0 Å². The van der Waals surface area contributed by atoms with E-state index in [1.54, 1.807) is 11.8 Å². The lowest BCUT2D eigenvalue weighted by Gasteiger charge is -2.29. The lowest BCUT2D eigenvalue weighted by molar-refractivity contribution is -0.142. The highest BCUT2D eigenvalue weighted by Crippen LogP contribution is 2.16. The van der Waals surface area contributed by atoms with Gasteiger partial charge in [0, 0.05) is 17.6 Å². The average Bonchev–Trinajstić information content (AvgIpc) is 2.69. The Labute approximate surface area is 181 Å². The molecule has 1 N–H and O–H groups in total. The minimum absolute atomic E-state index is 0.126. The first-order valence-electron chi connectivity index (χ1n) is 9.77. The van der Waals surface area contributed by atoms with Gasteiger partial charge < -0.3 is 15.0 Å². The number of halogens is 1. The summed E-state index contributed by atoms with van der Waals surface area (Å²) in [6, 6.07) is 14.6. The molecular formula is C23H29BrN2O3. The Morgan fingerprint density at radius 1 is 1.10 bits per heavy atom. The Kier molecular flexibility index (Phi) is 8.70. The average molecular weight is 461 g/mol. The summed E-state index contributed by atoms with van der Waals surface area (Å²) in [5.41, 5.74) is 2.06. The standard InChI is InChI=1S/C23H29BrN2O3/c1-16(2)13-25-23(28)18(4)26(14-19-6-5-7-20(24)12-19)22(27)15-29-21-10-8-17(3)9-11-21/h5-12,16,18H,13-15H2,1-4H3,(H,25,28)/t18-/m1/s1.